The second-order valence-corrected chi connectivity index (χ2v) is 8.26. The molecule has 0 spiro atoms. The van der Waals surface area contributed by atoms with Crippen molar-refractivity contribution in [2.24, 2.45) is 0 Å². The first-order chi connectivity index (χ1) is 13.6. The van der Waals surface area contributed by atoms with Gasteiger partial charge in [0.05, 0.1) is 6.04 Å². The smallest absolute Gasteiger partial charge is 0.0582 e. The van der Waals surface area contributed by atoms with Crippen molar-refractivity contribution in [3.05, 3.63) is 84.6 Å². The molecule has 1 unspecified atom stereocenters. The van der Waals surface area contributed by atoms with Crippen molar-refractivity contribution in [2.45, 2.75) is 45.1 Å². The minimum Gasteiger partial charge on any atom is -0.364 e. The molecule has 1 atom stereocenters. The molecule has 4 rings (SSSR count). The van der Waals surface area contributed by atoms with E-state index in [2.05, 4.69) is 104 Å². The molecule has 1 heterocycles. The molecule has 0 aliphatic carbocycles. The lowest BCUT2D eigenvalue weighted by molar-refractivity contribution is 0.473. The van der Waals surface area contributed by atoms with Gasteiger partial charge < -0.3 is 10.2 Å². The van der Waals surface area contributed by atoms with Crippen LogP contribution in [0.4, 0.5) is 11.4 Å². The van der Waals surface area contributed by atoms with Gasteiger partial charge in [-0.25, -0.2) is 0 Å². The normalized spacial score (nSPS) is 18.0. The number of hydrogen-bond acceptors (Lipinski definition) is 2. The molecule has 2 nitrogen and oxygen atoms in total. The molecule has 1 aliphatic rings. The summed E-state index contributed by atoms with van der Waals surface area (Å²) in [6, 6.07) is 24.1. The predicted octanol–water partition coefficient (Wildman–Crippen LogP) is 6.73. The van der Waals surface area contributed by atoms with E-state index in [1.165, 1.54) is 34.9 Å². The second-order valence-electron chi connectivity index (χ2n) is 8.26. The van der Waals surface area contributed by atoms with Gasteiger partial charge in [-0.2, -0.15) is 0 Å². The molecule has 0 saturated carbocycles. The monoisotopic (exact) mass is 370 g/mol. The van der Waals surface area contributed by atoms with Gasteiger partial charge in [-0.05, 0) is 53.2 Å². The molecule has 0 saturated heterocycles. The van der Waals surface area contributed by atoms with Crippen molar-refractivity contribution in [3.63, 3.8) is 0 Å². The molecular weight excluding hydrogens is 340 g/mol. The third kappa shape index (κ3) is 3.28. The molecule has 0 aromatic heterocycles. The summed E-state index contributed by atoms with van der Waals surface area (Å²) in [7, 11) is 0. The van der Waals surface area contributed by atoms with E-state index in [-0.39, 0.29) is 5.41 Å². The lowest BCUT2D eigenvalue weighted by Gasteiger charge is -2.32. The Hall–Kier alpha value is -2.74. The number of nitrogens with zero attached hydrogens (tertiary/aromatic N) is 1. The van der Waals surface area contributed by atoms with Crippen molar-refractivity contribution in [3.8, 4) is 0 Å². The lowest BCUT2D eigenvalue weighted by Crippen LogP contribution is -2.40. The van der Waals surface area contributed by atoms with E-state index in [0.717, 1.165) is 12.2 Å². The van der Waals surface area contributed by atoms with Crippen molar-refractivity contribution in [1.82, 2.24) is 0 Å². The molecule has 2 heteroatoms. The third-order valence-corrected chi connectivity index (χ3v) is 5.99. The van der Waals surface area contributed by atoms with E-state index in [9.17, 15) is 0 Å². The molecule has 3 aromatic rings. The van der Waals surface area contributed by atoms with E-state index >= 15 is 0 Å². The number of benzene rings is 3. The van der Waals surface area contributed by atoms with E-state index in [1.807, 2.05) is 6.07 Å². The first-order valence-corrected chi connectivity index (χ1v) is 10.4. The fourth-order valence-electron chi connectivity index (χ4n) is 4.57. The maximum Gasteiger partial charge on any atom is 0.0582 e. The molecule has 0 bridgehead atoms. The number of unbranched alkanes of at least 4 members (excludes halogenated alkanes) is 1. The maximum atomic E-state index is 3.44. The first-order valence-electron chi connectivity index (χ1n) is 10.4. The Morgan fingerprint density at radius 2 is 1.71 bits per heavy atom. The Morgan fingerprint density at radius 3 is 2.50 bits per heavy atom. The summed E-state index contributed by atoms with van der Waals surface area (Å²) >= 11 is 0. The van der Waals surface area contributed by atoms with Crippen LogP contribution in [0, 0.1) is 0 Å². The fourth-order valence-corrected chi connectivity index (χ4v) is 4.57. The predicted molar refractivity (Wildman–Crippen MR) is 122 cm³/mol. The number of hydrogen-bond donors (Lipinski definition) is 1. The highest BCUT2D eigenvalue weighted by Gasteiger charge is 2.43. The van der Waals surface area contributed by atoms with Gasteiger partial charge in [-0.3, -0.25) is 0 Å². The van der Waals surface area contributed by atoms with Gasteiger partial charge in [-0.1, -0.05) is 75.7 Å². The highest BCUT2D eigenvalue weighted by molar-refractivity contribution is 5.93. The Bertz CT molecular complexity index is 972. The van der Waals surface area contributed by atoms with Crippen LogP contribution in [0.2, 0.25) is 0 Å². The van der Waals surface area contributed by atoms with Gasteiger partial charge in [0, 0.05) is 23.3 Å². The largest absolute Gasteiger partial charge is 0.364 e. The summed E-state index contributed by atoms with van der Waals surface area (Å²) in [6.45, 7) is 8.14. The van der Waals surface area contributed by atoms with E-state index in [1.54, 1.807) is 0 Å². The second kappa shape index (κ2) is 7.71. The van der Waals surface area contributed by atoms with Crippen LogP contribution in [0.25, 0.3) is 10.8 Å². The van der Waals surface area contributed by atoms with Crippen molar-refractivity contribution in [2.75, 3.05) is 16.8 Å². The quantitative estimate of drug-likeness (QED) is 0.517. The molecule has 144 valence electrons. The molecule has 1 N–H and O–H groups in total. The van der Waals surface area contributed by atoms with E-state index in [4.69, 9.17) is 0 Å². The van der Waals surface area contributed by atoms with Gasteiger partial charge in [-0.15, -0.1) is 0 Å². The average molecular weight is 371 g/mol. The Labute approximate surface area is 168 Å². The number of nitrogens with one attached hydrogen (secondary N) is 1. The van der Waals surface area contributed by atoms with Gasteiger partial charge in [0.1, 0.15) is 0 Å². The van der Waals surface area contributed by atoms with Crippen LogP contribution in [0.5, 0.6) is 0 Å². The van der Waals surface area contributed by atoms with E-state index in [0.29, 0.717) is 6.04 Å². The Morgan fingerprint density at radius 1 is 0.964 bits per heavy atom. The molecule has 0 radical (unpaired) electrons. The molecule has 28 heavy (non-hydrogen) atoms. The number of para-hydroxylation sites is 1. The summed E-state index contributed by atoms with van der Waals surface area (Å²) in [5, 5.41) is 6.16. The van der Waals surface area contributed by atoms with Gasteiger partial charge in [0.25, 0.3) is 0 Å². The van der Waals surface area contributed by atoms with Crippen LogP contribution >= 0.6 is 0 Å². The minimum atomic E-state index is 0.0405. The minimum absolute atomic E-state index is 0.0405. The van der Waals surface area contributed by atoms with Gasteiger partial charge in [0.15, 0.2) is 0 Å². The van der Waals surface area contributed by atoms with Crippen molar-refractivity contribution >= 4 is 22.1 Å². The summed E-state index contributed by atoms with van der Waals surface area (Å²) in [6.07, 6.45) is 6.88. The van der Waals surface area contributed by atoms with Crippen LogP contribution in [-0.4, -0.2) is 12.6 Å². The number of anilines is 2. The van der Waals surface area contributed by atoms with Crippen LogP contribution in [0.1, 0.15) is 39.2 Å². The third-order valence-electron chi connectivity index (χ3n) is 5.99. The average Bonchev–Trinajstić information content (AvgIpc) is 2.94. The zero-order chi connectivity index (χ0) is 19.6. The number of fused-ring (bicyclic) bond motifs is 3. The standard InChI is InChI=1S/C26H30N2/c1-4-5-19-28-23-16-15-20-11-9-10-14-22(20)25(23)26(2,3)24(28)17-18-27-21-12-7-6-8-13-21/h6-18,24,27H,4-5,19H2,1-3H3. The lowest BCUT2D eigenvalue weighted by atomic mass is 9.78. The topological polar surface area (TPSA) is 15.3 Å². The summed E-state index contributed by atoms with van der Waals surface area (Å²) in [4.78, 5) is 2.61. The highest BCUT2D eigenvalue weighted by atomic mass is 15.2. The zero-order valence-electron chi connectivity index (χ0n) is 17.2. The van der Waals surface area contributed by atoms with Gasteiger partial charge >= 0.3 is 0 Å². The van der Waals surface area contributed by atoms with E-state index < -0.39 is 0 Å². The highest BCUT2D eigenvalue weighted by Crippen LogP contribution is 2.49. The molecule has 1 aliphatic heterocycles. The Balaban J connectivity index is 1.72. The van der Waals surface area contributed by atoms with Crippen molar-refractivity contribution < 1.29 is 0 Å². The molecule has 3 aromatic carbocycles. The zero-order valence-corrected chi connectivity index (χ0v) is 17.2. The van der Waals surface area contributed by atoms with Crippen LogP contribution in [0.3, 0.4) is 0 Å². The van der Waals surface area contributed by atoms with Crippen LogP contribution < -0.4 is 10.2 Å². The molecule has 0 amide bonds. The van der Waals surface area contributed by atoms with Crippen molar-refractivity contribution in [1.29, 1.82) is 0 Å². The molecular formula is C26H30N2. The maximum absolute atomic E-state index is 3.44. The summed E-state index contributed by atoms with van der Waals surface area (Å²) < 4.78 is 0. The fraction of sp³-hybridized carbons (Fsp3) is 0.308. The van der Waals surface area contributed by atoms with Crippen LogP contribution in [0.15, 0.2) is 79.0 Å². The first kappa shape index (κ1) is 18.6. The number of rotatable bonds is 6. The SMILES string of the molecule is CCCCN1c2ccc3ccccc3c2C(C)(C)C1C=CNc1ccccc1. The Kier molecular flexibility index (Phi) is 5.13. The van der Waals surface area contributed by atoms with Gasteiger partial charge in [0.2, 0.25) is 0 Å². The van der Waals surface area contributed by atoms with Crippen LogP contribution in [-0.2, 0) is 5.41 Å². The summed E-state index contributed by atoms with van der Waals surface area (Å²) in [5.41, 5.74) is 4.04. The molecule has 0 fully saturated rings. The summed E-state index contributed by atoms with van der Waals surface area (Å²) in [5.74, 6) is 0.